The molecule has 64 heavy (non-hydrogen) atoms. The summed E-state index contributed by atoms with van der Waals surface area (Å²) >= 11 is 0. The van der Waals surface area contributed by atoms with Gasteiger partial charge in [-0.3, -0.25) is 0 Å². The fourth-order valence-corrected chi connectivity index (χ4v) is 10.6. The number of hydrazone groups is 1. The molecule has 7 aromatic carbocycles. The summed E-state index contributed by atoms with van der Waals surface area (Å²) in [4.78, 5) is 0. The van der Waals surface area contributed by atoms with Gasteiger partial charge in [0, 0.05) is 51.2 Å². The number of nitrogens with one attached hydrogen (secondary N) is 1. The molecule has 0 radical (unpaired) electrons. The van der Waals surface area contributed by atoms with Gasteiger partial charge in [0.15, 0.2) is 0 Å². The number of nitrogens with zero attached hydrogens (tertiary/aromatic N) is 4. The molecule has 1 N–H and O–H groups in total. The zero-order valence-corrected chi connectivity index (χ0v) is 35.1. The Hall–Kier alpha value is -8.33. The molecule has 6 bridgehead atoms. The number of hydrogen-bond donors (Lipinski definition) is 1. The highest BCUT2D eigenvalue weighted by atomic mass is 15.5. The van der Waals surface area contributed by atoms with Gasteiger partial charge in [-0.2, -0.15) is 10.4 Å². The smallest absolute Gasteiger partial charge is 0.0998 e. The number of allylic oxidation sites excluding steroid dienone is 7. The first-order valence-corrected chi connectivity index (χ1v) is 22.1. The Morgan fingerprint density at radius 2 is 1.25 bits per heavy atom. The van der Waals surface area contributed by atoms with Crippen LogP contribution in [-0.2, 0) is 6.42 Å². The van der Waals surface area contributed by atoms with Gasteiger partial charge in [0.05, 0.1) is 34.1 Å². The van der Waals surface area contributed by atoms with Crippen LogP contribution in [0.1, 0.15) is 47.1 Å². The van der Waals surface area contributed by atoms with Gasteiger partial charge in [-0.25, -0.2) is 5.01 Å². The van der Waals surface area contributed by atoms with E-state index in [4.69, 9.17) is 10.5 Å². The van der Waals surface area contributed by atoms with Crippen LogP contribution in [0.5, 0.6) is 0 Å². The monoisotopic (exact) mass is 819 g/mol. The van der Waals surface area contributed by atoms with E-state index in [0.717, 1.165) is 64.7 Å². The van der Waals surface area contributed by atoms with E-state index in [0.29, 0.717) is 16.7 Å². The van der Waals surface area contributed by atoms with Crippen LogP contribution in [0.25, 0.3) is 88.9 Å². The second kappa shape index (κ2) is 15.2. The molecule has 2 heterocycles. The minimum atomic E-state index is 0.487. The minimum Gasteiger partial charge on any atom is -0.309 e. The maximum absolute atomic E-state index is 10.6. The predicted octanol–water partition coefficient (Wildman–Crippen LogP) is 14.8. The number of rotatable bonds is 5. The molecule has 0 saturated heterocycles. The zero-order valence-electron chi connectivity index (χ0n) is 35.1. The molecule has 3 aliphatic carbocycles. The summed E-state index contributed by atoms with van der Waals surface area (Å²) in [5.74, 6) is 0. The highest BCUT2D eigenvalue weighted by Gasteiger charge is 2.33. The Morgan fingerprint density at radius 1 is 0.609 bits per heavy atom. The summed E-state index contributed by atoms with van der Waals surface area (Å²) in [6.45, 7) is 0. The molecule has 0 unspecified atom stereocenters. The van der Waals surface area contributed by atoms with Crippen LogP contribution >= 0.6 is 0 Å². The molecular formula is C59H41N5. The molecule has 0 saturated carbocycles. The van der Waals surface area contributed by atoms with Crippen LogP contribution in [0.15, 0.2) is 187 Å². The van der Waals surface area contributed by atoms with Gasteiger partial charge in [-0.15, -0.1) is 0 Å². The van der Waals surface area contributed by atoms with Gasteiger partial charge < -0.3 is 9.98 Å². The highest BCUT2D eigenvalue weighted by molar-refractivity contribution is 6.15. The molecule has 302 valence electrons. The second-order valence-electron chi connectivity index (χ2n) is 16.7. The number of para-hydroxylation sites is 2. The summed E-state index contributed by atoms with van der Waals surface area (Å²) < 4.78 is 2.33. The number of anilines is 1. The molecule has 8 aromatic rings. The largest absolute Gasteiger partial charge is 0.309 e. The maximum atomic E-state index is 10.6. The quantitative estimate of drug-likeness (QED) is 0.176. The summed E-state index contributed by atoms with van der Waals surface area (Å²) in [5, 5.41) is 31.5. The van der Waals surface area contributed by atoms with Crippen molar-refractivity contribution in [1.29, 1.82) is 10.7 Å². The topological polar surface area (TPSA) is 68.2 Å². The third-order valence-corrected chi connectivity index (χ3v) is 13.4. The van der Waals surface area contributed by atoms with E-state index < -0.39 is 0 Å². The number of aryl methyl sites for hydroxylation is 1. The minimum absolute atomic E-state index is 0.487. The Kier molecular flexibility index (Phi) is 8.91. The van der Waals surface area contributed by atoms with Gasteiger partial charge >= 0.3 is 0 Å². The molecule has 5 nitrogen and oxygen atoms in total. The van der Waals surface area contributed by atoms with Crippen molar-refractivity contribution in [2.24, 2.45) is 5.10 Å². The average molecular weight is 820 g/mol. The lowest BCUT2D eigenvalue weighted by Crippen LogP contribution is -2.20. The Balaban J connectivity index is 1.07. The Labute approximate surface area is 372 Å². The number of fused-ring (bicyclic) bond motifs is 9. The Bertz CT molecular complexity index is 3590. The van der Waals surface area contributed by atoms with E-state index in [9.17, 15) is 5.26 Å². The molecular weight excluding hydrogens is 779 g/mol. The lowest BCUT2D eigenvalue weighted by atomic mass is 9.85. The average Bonchev–Trinajstić information content (AvgIpc) is 3.39. The molecule has 0 atom stereocenters. The molecule has 5 heteroatoms. The normalized spacial score (nSPS) is 14.5. The standard InChI is InChI=1S/C59H41N5/c60-36-38-31-32-40(63-54-27-10-7-20-46(54)43-17-3-1-15-41(43)42-16-2-4-18-44(42)47-21-8-11-28-55(47)63)35-53(38)39(37-61)33-34-62-64-56-29-12-9-23-52(56)58-48-24-13-25-50(58)51-26-14-30-57(64)59(51)49-22-6-5-19-45(48)49/h1-3,5-11,13-17,19-28,30-35,37,61H,4,12,18,29H2/b39-33+,61-37?,62-34+. The molecule has 12 rings (SSSR count). The molecule has 0 amide bonds. The van der Waals surface area contributed by atoms with E-state index in [2.05, 4.69) is 179 Å². The first-order valence-electron chi connectivity index (χ1n) is 22.1. The van der Waals surface area contributed by atoms with E-state index >= 15 is 0 Å². The number of hydrogen-bond acceptors (Lipinski definition) is 4. The highest BCUT2D eigenvalue weighted by Crippen LogP contribution is 2.55. The summed E-state index contributed by atoms with van der Waals surface area (Å²) in [5.41, 5.74) is 19.1. The van der Waals surface area contributed by atoms with Crippen molar-refractivity contribution in [3.8, 4) is 45.1 Å². The predicted molar refractivity (Wildman–Crippen MR) is 267 cm³/mol. The van der Waals surface area contributed by atoms with E-state index in [1.807, 2.05) is 18.2 Å². The van der Waals surface area contributed by atoms with Crippen molar-refractivity contribution >= 4 is 67.9 Å². The Morgan fingerprint density at radius 3 is 2.06 bits per heavy atom. The second-order valence-corrected chi connectivity index (χ2v) is 16.7. The van der Waals surface area contributed by atoms with Crippen molar-refractivity contribution in [3.63, 3.8) is 0 Å². The number of nitriles is 1. The van der Waals surface area contributed by atoms with Gasteiger partial charge in [-0.05, 0) is 123 Å². The van der Waals surface area contributed by atoms with Gasteiger partial charge in [0.2, 0.25) is 0 Å². The van der Waals surface area contributed by atoms with Crippen molar-refractivity contribution < 1.29 is 0 Å². The van der Waals surface area contributed by atoms with Gasteiger partial charge in [-0.1, -0.05) is 140 Å². The van der Waals surface area contributed by atoms with E-state index in [1.165, 1.54) is 72.5 Å². The zero-order chi connectivity index (χ0) is 42.7. The van der Waals surface area contributed by atoms with Crippen molar-refractivity contribution in [3.05, 3.63) is 209 Å². The van der Waals surface area contributed by atoms with E-state index in [-0.39, 0.29) is 0 Å². The first-order chi connectivity index (χ1) is 31.7. The lowest BCUT2D eigenvalue weighted by Gasteiger charge is -2.31. The maximum Gasteiger partial charge on any atom is 0.0998 e. The van der Waals surface area contributed by atoms with Crippen molar-refractivity contribution in [2.75, 3.05) is 5.01 Å². The van der Waals surface area contributed by atoms with Crippen LogP contribution in [0, 0.1) is 16.7 Å². The van der Waals surface area contributed by atoms with Crippen LogP contribution in [0.3, 0.4) is 0 Å². The lowest BCUT2D eigenvalue weighted by molar-refractivity contribution is 0.870. The molecule has 4 aliphatic rings. The molecule has 0 spiro atoms. The summed E-state index contributed by atoms with van der Waals surface area (Å²) in [6, 6.07) is 56.4. The number of benzene rings is 7. The van der Waals surface area contributed by atoms with Crippen LogP contribution in [-0.4, -0.2) is 17.0 Å². The fourth-order valence-electron chi connectivity index (χ4n) is 10.6. The van der Waals surface area contributed by atoms with Crippen molar-refractivity contribution in [1.82, 2.24) is 4.57 Å². The van der Waals surface area contributed by atoms with Gasteiger partial charge in [0.1, 0.15) is 0 Å². The van der Waals surface area contributed by atoms with Crippen molar-refractivity contribution in [2.45, 2.75) is 25.7 Å². The van der Waals surface area contributed by atoms with E-state index in [1.54, 1.807) is 6.21 Å². The third kappa shape index (κ3) is 5.77. The molecule has 0 fully saturated rings. The molecule has 1 aliphatic heterocycles. The first kappa shape index (κ1) is 37.4. The van der Waals surface area contributed by atoms with Crippen LogP contribution in [0.2, 0.25) is 0 Å². The SMILES string of the molecule is N#Cc1ccc(-n2c3ccccc3c3c(c4ccccc4c4ccccc42)C=CCC3)cc1/C(C=N)=C/C=N/N1C2=C(C=CCC2)c2c3cccc2-c2cccc1c2-c1ccccc1-3. The molecule has 1 aromatic heterocycles. The summed E-state index contributed by atoms with van der Waals surface area (Å²) in [6.07, 6.45) is 17.8. The van der Waals surface area contributed by atoms with Gasteiger partial charge in [0.25, 0.3) is 0 Å². The summed E-state index contributed by atoms with van der Waals surface area (Å²) in [7, 11) is 0. The third-order valence-electron chi connectivity index (χ3n) is 13.4. The number of aromatic nitrogens is 1. The fraction of sp³-hybridized carbons (Fsp3) is 0.0678. The van der Waals surface area contributed by atoms with Crippen LogP contribution in [0.4, 0.5) is 5.69 Å². The van der Waals surface area contributed by atoms with Crippen LogP contribution < -0.4 is 5.01 Å².